The zero-order chi connectivity index (χ0) is 43.4. The Labute approximate surface area is 338 Å². The van der Waals surface area contributed by atoms with E-state index in [0.717, 1.165) is 0 Å². The first kappa shape index (κ1) is 49.3. The van der Waals surface area contributed by atoms with Crippen LogP contribution in [0.5, 0.6) is 0 Å². The lowest BCUT2D eigenvalue weighted by atomic mass is 9.73. The fraction of sp³-hybridized carbons (Fsp3) is 0.925. The van der Waals surface area contributed by atoms with Gasteiger partial charge in [-0.3, -0.25) is 4.79 Å². The number of carbonyl (C=O) groups excluding carboxylic acids is 1. The summed E-state index contributed by atoms with van der Waals surface area (Å²) in [5.74, 6) is -5.35. The number of oxime groups is 1. The van der Waals surface area contributed by atoms with Crippen LogP contribution in [0.3, 0.4) is 0 Å². The first-order chi connectivity index (χ1) is 26.4. The minimum Gasteiger partial charge on any atom is -0.479 e. The van der Waals surface area contributed by atoms with E-state index in [-0.39, 0.29) is 37.1 Å². The fourth-order valence-electron chi connectivity index (χ4n) is 8.93. The van der Waals surface area contributed by atoms with Gasteiger partial charge in [0.25, 0.3) is 0 Å². The van der Waals surface area contributed by atoms with Gasteiger partial charge in [-0.05, 0) is 74.9 Å². The smallest absolute Gasteiger partial charge is 0.344 e. The molecule has 0 aliphatic carbocycles. The molecule has 0 saturated carbocycles. The van der Waals surface area contributed by atoms with Gasteiger partial charge in [-0.2, -0.15) is 0 Å². The highest BCUT2D eigenvalue weighted by atomic mass is 16.7. The van der Waals surface area contributed by atoms with Crippen LogP contribution in [0.4, 0.5) is 0 Å². The first-order valence-corrected chi connectivity index (χ1v) is 20.2. The molecule has 0 aromatic carbocycles. The zero-order valence-corrected chi connectivity index (χ0v) is 36.4. The van der Waals surface area contributed by atoms with Crippen LogP contribution in [-0.4, -0.2) is 167 Å². The largest absolute Gasteiger partial charge is 0.479 e. The van der Waals surface area contributed by atoms with Crippen LogP contribution in [0.2, 0.25) is 0 Å². The predicted octanol–water partition coefficient (Wildman–Crippen LogP) is 2.33. The van der Waals surface area contributed by atoms with Crippen LogP contribution < -0.4 is 0 Å². The van der Waals surface area contributed by atoms with Gasteiger partial charge in [0, 0.05) is 44.4 Å². The predicted molar refractivity (Wildman–Crippen MR) is 207 cm³/mol. The molecular weight excluding hydrogens is 748 g/mol. The van der Waals surface area contributed by atoms with E-state index in [1.807, 2.05) is 39.8 Å². The molecule has 57 heavy (non-hydrogen) atoms. The number of carbonyl (C=O) groups is 2. The number of rotatable bonds is 11. The molecule has 0 aromatic rings. The molecule has 3 aliphatic heterocycles. The molecule has 0 aromatic heterocycles. The Bertz CT molecular complexity index is 1350. The van der Waals surface area contributed by atoms with Crippen LogP contribution in [0, 0.1) is 23.7 Å². The Morgan fingerprint density at radius 3 is 2.07 bits per heavy atom. The highest BCUT2D eigenvalue weighted by molar-refractivity contribution is 5.89. The highest BCUT2D eigenvalue weighted by Crippen LogP contribution is 2.42. The number of aliphatic hydroxyl groups excluding tert-OH is 3. The zero-order valence-electron chi connectivity index (χ0n) is 36.4. The SMILES string of the molecule is CC[C@H]1OC(=O)[C@H](C)[C@@H](O[C@H]2C[C@@](C)(OC)[C@@H](O)[C@H](C)O2)C(C)[C@@H](O[C@@H]2O[C@H](C)C[C@H](N(C)C)[C@H]2O)[C@](C)(OC)C[C@@H](C)/C(=N/OCC(=O)O)[C@H](C)[C@@H](O)[C@]1(C)O. The normalized spacial score (nSPS) is 46.3. The van der Waals surface area contributed by atoms with E-state index in [9.17, 15) is 35.1 Å². The van der Waals surface area contributed by atoms with Gasteiger partial charge in [0.05, 0.1) is 53.4 Å². The van der Waals surface area contributed by atoms with E-state index in [2.05, 4.69) is 5.16 Å². The second-order valence-corrected chi connectivity index (χ2v) is 17.4. The molecule has 18 atom stereocenters. The van der Waals surface area contributed by atoms with E-state index >= 15 is 0 Å². The molecule has 3 heterocycles. The van der Waals surface area contributed by atoms with Crippen LogP contribution in [0.1, 0.15) is 94.9 Å². The Morgan fingerprint density at radius 1 is 0.912 bits per heavy atom. The number of hydrogen-bond acceptors (Lipinski definition) is 16. The number of cyclic esters (lactones) is 1. The molecular formula is C40H72N2O15. The van der Waals surface area contributed by atoms with Crippen molar-refractivity contribution >= 4 is 17.7 Å². The fourth-order valence-corrected chi connectivity index (χ4v) is 8.93. The number of carboxylic acids is 1. The first-order valence-electron chi connectivity index (χ1n) is 20.2. The molecule has 3 fully saturated rings. The summed E-state index contributed by atoms with van der Waals surface area (Å²) in [5, 5.41) is 59.9. The van der Waals surface area contributed by atoms with Crippen molar-refractivity contribution in [2.75, 3.05) is 34.9 Å². The van der Waals surface area contributed by atoms with Crippen molar-refractivity contribution in [2.45, 2.75) is 179 Å². The van der Waals surface area contributed by atoms with Crippen LogP contribution in [0.25, 0.3) is 0 Å². The van der Waals surface area contributed by atoms with Gasteiger partial charge in [0.1, 0.15) is 23.9 Å². The summed E-state index contributed by atoms with van der Waals surface area (Å²) in [7, 11) is 6.72. The average molecular weight is 821 g/mol. The van der Waals surface area contributed by atoms with Crippen molar-refractivity contribution in [2.24, 2.45) is 28.8 Å². The monoisotopic (exact) mass is 820 g/mol. The highest BCUT2D eigenvalue weighted by Gasteiger charge is 2.54. The van der Waals surface area contributed by atoms with Crippen molar-refractivity contribution < 1.29 is 73.1 Å². The molecule has 332 valence electrons. The summed E-state index contributed by atoms with van der Waals surface area (Å²) in [6, 6.07) is -0.317. The minimum atomic E-state index is -2.01. The van der Waals surface area contributed by atoms with Crippen molar-refractivity contribution in [1.29, 1.82) is 0 Å². The quantitative estimate of drug-likeness (QED) is 0.149. The van der Waals surface area contributed by atoms with Crippen LogP contribution >= 0.6 is 0 Å². The van der Waals surface area contributed by atoms with Gasteiger partial charge in [-0.15, -0.1) is 0 Å². The second-order valence-electron chi connectivity index (χ2n) is 17.4. The summed E-state index contributed by atoms with van der Waals surface area (Å²) in [6.07, 6.45) is -9.14. The second kappa shape index (κ2) is 20.0. The van der Waals surface area contributed by atoms with Crippen LogP contribution in [0.15, 0.2) is 5.16 Å². The number of aliphatic carboxylic acids is 1. The number of nitrogens with zero attached hydrogens (tertiary/aromatic N) is 2. The third-order valence-electron chi connectivity index (χ3n) is 12.7. The van der Waals surface area contributed by atoms with Crippen molar-refractivity contribution in [3.05, 3.63) is 0 Å². The van der Waals surface area contributed by atoms with Crippen molar-refractivity contribution in [1.82, 2.24) is 4.90 Å². The molecule has 0 spiro atoms. The summed E-state index contributed by atoms with van der Waals surface area (Å²) in [4.78, 5) is 32.9. The molecule has 0 radical (unpaired) electrons. The van der Waals surface area contributed by atoms with E-state index in [1.54, 1.807) is 41.5 Å². The van der Waals surface area contributed by atoms with Gasteiger partial charge in [-0.25, -0.2) is 4.79 Å². The van der Waals surface area contributed by atoms with Gasteiger partial charge in [0.2, 0.25) is 6.61 Å². The molecule has 17 heteroatoms. The molecule has 17 nitrogen and oxygen atoms in total. The number of hydrogen-bond donors (Lipinski definition) is 5. The van der Waals surface area contributed by atoms with Gasteiger partial charge >= 0.3 is 11.9 Å². The Kier molecular flexibility index (Phi) is 17.3. The molecule has 3 rings (SSSR count). The maximum atomic E-state index is 14.3. The van der Waals surface area contributed by atoms with Gasteiger partial charge < -0.3 is 68.4 Å². The summed E-state index contributed by atoms with van der Waals surface area (Å²) in [6.45, 7) is 16.4. The lowest BCUT2D eigenvalue weighted by Gasteiger charge is -2.50. The maximum Gasteiger partial charge on any atom is 0.344 e. The number of aliphatic hydroxyl groups is 4. The summed E-state index contributed by atoms with van der Waals surface area (Å²) >= 11 is 0. The average Bonchev–Trinajstić information content (AvgIpc) is 3.14. The van der Waals surface area contributed by atoms with E-state index < -0.39 is 114 Å². The van der Waals surface area contributed by atoms with Gasteiger partial charge in [-0.1, -0.05) is 32.9 Å². The molecule has 0 bridgehead atoms. The minimum absolute atomic E-state index is 0.100. The summed E-state index contributed by atoms with van der Waals surface area (Å²) in [5.41, 5.74) is -4.14. The Morgan fingerprint density at radius 2 is 1.53 bits per heavy atom. The molecule has 0 amide bonds. The van der Waals surface area contributed by atoms with E-state index in [4.69, 9.17) is 38.0 Å². The number of methoxy groups -OCH3 is 2. The van der Waals surface area contributed by atoms with Crippen molar-refractivity contribution in [3.63, 3.8) is 0 Å². The summed E-state index contributed by atoms with van der Waals surface area (Å²) < 4.78 is 44.3. The van der Waals surface area contributed by atoms with Gasteiger partial charge in [0.15, 0.2) is 12.6 Å². The molecule has 3 aliphatic rings. The number of ether oxygens (including phenoxy) is 7. The van der Waals surface area contributed by atoms with Crippen LogP contribution in [-0.2, 0) is 47.6 Å². The standard InChI is InChI=1S/C40H72N2O15/c1-15-27-40(10,49)33(46)22(4)30(41-52-19-28(43)44)20(2)17-39(9,51-14)35(57-37-31(45)26(42(11)12)16-21(3)53-37)23(5)32(24(6)36(48)55-27)56-29-18-38(8,50-13)34(47)25(7)54-29/h20-27,29,31-35,37,45-47,49H,15-19H2,1-14H3,(H,43,44)/b41-30-/t20-,21-,22+,23?,24-,25+,26+,27-,29+,31-,32+,33-,34+,35-,37+,38-,39-,40-/m1/s1. The Balaban J connectivity index is 2.29. The number of likely N-dealkylation sites (N-methyl/N-ethyl adjacent to an activating group) is 1. The van der Waals surface area contributed by atoms with E-state index in [1.165, 1.54) is 21.1 Å². The number of carboxylic acid groups (broad SMARTS) is 1. The lowest BCUT2D eigenvalue weighted by molar-refractivity contribution is -0.319. The third kappa shape index (κ3) is 11.2. The molecule has 1 unspecified atom stereocenters. The molecule has 3 saturated heterocycles. The van der Waals surface area contributed by atoms with Crippen molar-refractivity contribution in [3.8, 4) is 0 Å². The topological polar surface area (TPSA) is 225 Å². The maximum absolute atomic E-state index is 14.3. The lowest BCUT2D eigenvalue weighted by Crippen LogP contribution is -2.61. The van der Waals surface area contributed by atoms with E-state index in [0.29, 0.717) is 6.42 Å². The Hall–Kier alpha value is -2.03. The third-order valence-corrected chi connectivity index (χ3v) is 12.7. The molecule has 5 N–H and O–H groups in total. The number of esters is 1.